The molecule has 8 heteroatoms. The van der Waals surface area contributed by atoms with E-state index in [9.17, 15) is 4.79 Å². The number of nitrogens with zero attached hydrogens (tertiary/aromatic N) is 3. The van der Waals surface area contributed by atoms with E-state index in [1.165, 1.54) is 0 Å². The van der Waals surface area contributed by atoms with Gasteiger partial charge in [0, 0.05) is 50.8 Å². The number of carbonyl (C=O) groups excluding carboxylic acids is 1. The van der Waals surface area contributed by atoms with Crippen LogP contribution in [0.15, 0.2) is 35.3 Å². The second kappa shape index (κ2) is 12.8. The molecule has 168 valence electrons. The van der Waals surface area contributed by atoms with Crippen molar-refractivity contribution in [2.45, 2.75) is 25.0 Å². The molecule has 1 amide bonds. The first-order chi connectivity index (χ1) is 14.1. The molecule has 1 N–H and O–H groups in total. The molecule has 30 heavy (non-hydrogen) atoms. The summed E-state index contributed by atoms with van der Waals surface area (Å²) < 4.78 is 5.42. The van der Waals surface area contributed by atoms with Crippen molar-refractivity contribution in [2.24, 2.45) is 10.9 Å². The fourth-order valence-electron chi connectivity index (χ4n) is 3.83. The number of amides is 1. The molecule has 2 heterocycles. The number of hydrogen-bond donors (Lipinski definition) is 1. The number of ether oxygens (including phenoxy) is 1. The summed E-state index contributed by atoms with van der Waals surface area (Å²) in [4.78, 5) is 22.1. The lowest BCUT2D eigenvalue weighted by molar-refractivity contribution is -0.136. The van der Waals surface area contributed by atoms with Gasteiger partial charge in [0.1, 0.15) is 0 Å². The van der Waals surface area contributed by atoms with Gasteiger partial charge in [0.25, 0.3) is 0 Å². The van der Waals surface area contributed by atoms with Crippen LogP contribution in [0.1, 0.15) is 25.3 Å². The van der Waals surface area contributed by atoms with E-state index in [4.69, 9.17) is 4.74 Å². The summed E-state index contributed by atoms with van der Waals surface area (Å²) in [6.45, 7) is 9.65. The normalized spacial score (nSPS) is 21.2. The molecule has 0 aliphatic carbocycles. The average Bonchev–Trinajstić information content (AvgIpc) is 2.77. The largest absolute Gasteiger partial charge is 0.378 e. The molecule has 2 atom stereocenters. The van der Waals surface area contributed by atoms with Crippen molar-refractivity contribution in [3.8, 4) is 0 Å². The van der Waals surface area contributed by atoms with Crippen molar-refractivity contribution in [2.75, 3.05) is 58.7 Å². The van der Waals surface area contributed by atoms with E-state index >= 15 is 0 Å². The van der Waals surface area contributed by atoms with Gasteiger partial charge in [-0.3, -0.25) is 9.79 Å². The fraction of sp³-hybridized carbons (Fsp3) is 0.636. The molecule has 0 bridgehead atoms. The Morgan fingerprint density at radius 3 is 2.53 bits per heavy atom. The summed E-state index contributed by atoms with van der Waals surface area (Å²) in [5.41, 5.74) is 1.04. The third-order valence-electron chi connectivity index (χ3n) is 5.64. The van der Waals surface area contributed by atoms with Crippen LogP contribution in [0.5, 0.6) is 0 Å². The van der Waals surface area contributed by atoms with Gasteiger partial charge >= 0.3 is 0 Å². The van der Waals surface area contributed by atoms with Gasteiger partial charge in [-0.25, -0.2) is 0 Å². The highest BCUT2D eigenvalue weighted by atomic mass is 127. The third kappa shape index (κ3) is 6.75. The summed E-state index contributed by atoms with van der Waals surface area (Å²) in [5.74, 6) is 2.58. The van der Waals surface area contributed by atoms with Crippen LogP contribution in [0.25, 0.3) is 0 Å². The van der Waals surface area contributed by atoms with E-state index in [-0.39, 0.29) is 35.8 Å². The van der Waals surface area contributed by atoms with E-state index in [1.807, 2.05) is 42.3 Å². The maximum absolute atomic E-state index is 13.3. The quantitative estimate of drug-likeness (QED) is 0.350. The summed E-state index contributed by atoms with van der Waals surface area (Å²) in [7, 11) is 1.83. The first kappa shape index (κ1) is 25.3. The first-order valence-electron chi connectivity index (χ1n) is 10.6. The minimum absolute atomic E-state index is 0. The molecule has 0 spiro atoms. The number of carbonyl (C=O) groups is 1. The average molecular weight is 547 g/mol. The molecular weight excluding hydrogens is 511 g/mol. The number of halogens is 1. The molecule has 0 aromatic heterocycles. The van der Waals surface area contributed by atoms with Crippen molar-refractivity contribution in [3.63, 3.8) is 0 Å². The third-order valence-corrected chi connectivity index (χ3v) is 7.18. The lowest BCUT2D eigenvalue weighted by atomic mass is 9.97. The lowest BCUT2D eigenvalue weighted by Crippen LogP contribution is -2.51. The maximum Gasteiger partial charge on any atom is 0.232 e. The summed E-state index contributed by atoms with van der Waals surface area (Å²) in [6, 6.07) is 10.1. The van der Waals surface area contributed by atoms with Gasteiger partial charge in [-0.15, -0.1) is 24.0 Å². The second-order valence-electron chi connectivity index (χ2n) is 7.93. The van der Waals surface area contributed by atoms with E-state index in [0.29, 0.717) is 44.0 Å². The Hall–Kier alpha value is -1.000. The molecule has 6 nitrogen and oxygen atoms in total. The molecule has 2 saturated heterocycles. The van der Waals surface area contributed by atoms with E-state index < -0.39 is 0 Å². The van der Waals surface area contributed by atoms with Crippen LogP contribution in [0.2, 0.25) is 0 Å². The van der Waals surface area contributed by atoms with E-state index in [2.05, 4.69) is 40.8 Å². The summed E-state index contributed by atoms with van der Waals surface area (Å²) in [5, 5.41) is 4.12. The van der Waals surface area contributed by atoms with Crippen LogP contribution in [0, 0.1) is 5.92 Å². The van der Waals surface area contributed by atoms with Crippen LogP contribution in [0.3, 0.4) is 0 Å². The van der Waals surface area contributed by atoms with Crippen molar-refractivity contribution in [1.82, 2.24) is 15.1 Å². The Bertz CT molecular complexity index is 683. The standard InChI is InChI=1S/C22H34N4O2S.HI/c1-17(2)20-16-26(11-14-29-20)22(23-3)24-15-19(18-7-5-4-6-8-18)21(27)25-9-12-28-13-10-25;/h4-8,17,19-20H,9-16H2,1-3H3,(H,23,24);1H. The van der Waals surface area contributed by atoms with Crippen molar-refractivity contribution >= 4 is 47.6 Å². The maximum atomic E-state index is 13.3. The Balaban J connectivity index is 0.00000320. The molecular formula is C22H35IN4O2S. The Labute approximate surface area is 202 Å². The number of aliphatic imine (C=N–C) groups is 1. The lowest BCUT2D eigenvalue weighted by Gasteiger charge is -2.37. The molecule has 2 fully saturated rings. The highest BCUT2D eigenvalue weighted by Gasteiger charge is 2.29. The predicted octanol–water partition coefficient (Wildman–Crippen LogP) is 2.90. The Morgan fingerprint density at radius 1 is 1.20 bits per heavy atom. The van der Waals surface area contributed by atoms with Gasteiger partial charge in [0.2, 0.25) is 5.91 Å². The smallest absolute Gasteiger partial charge is 0.232 e. The SMILES string of the molecule is CN=C(NCC(C(=O)N1CCOCC1)c1ccccc1)N1CCSC(C(C)C)C1.I. The van der Waals surface area contributed by atoms with Gasteiger partial charge in [-0.05, 0) is 11.5 Å². The van der Waals surface area contributed by atoms with Crippen molar-refractivity contribution in [3.05, 3.63) is 35.9 Å². The van der Waals surface area contributed by atoms with Crippen LogP contribution in [-0.2, 0) is 9.53 Å². The zero-order chi connectivity index (χ0) is 20.6. The number of guanidine groups is 1. The molecule has 1 aromatic rings. The van der Waals surface area contributed by atoms with Gasteiger partial charge < -0.3 is 19.9 Å². The molecule has 0 radical (unpaired) electrons. The number of hydrogen-bond acceptors (Lipinski definition) is 4. The number of thioether (sulfide) groups is 1. The second-order valence-corrected chi connectivity index (χ2v) is 9.28. The van der Waals surface area contributed by atoms with E-state index in [0.717, 1.165) is 30.4 Å². The van der Waals surface area contributed by atoms with Crippen LogP contribution < -0.4 is 5.32 Å². The highest BCUT2D eigenvalue weighted by Crippen LogP contribution is 2.25. The molecule has 2 unspecified atom stereocenters. The highest BCUT2D eigenvalue weighted by molar-refractivity contribution is 14.0. The van der Waals surface area contributed by atoms with Gasteiger partial charge in [0.15, 0.2) is 5.96 Å². The molecule has 3 rings (SSSR count). The number of morpholine rings is 1. The van der Waals surface area contributed by atoms with Crippen LogP contribution in [0.4, 0.5) is 0 Å². The van der Waals surface area contributed by atoms with Crippen LogP contribution in [-0.4, -0.2) is 85.7 Å². The number of nitrogens with one attached hydrogen (secondary N) is 1. The molecule has 0 saturated carbocycles. The predicted molar refractivity (Wildman–Crippen MR) is 136 cm³/mol. The Kier molecular flexibility index (Phi) is 10.7. The fourth-order valence-corrected chi connectivity index (χ4v) is 5.13. The zero-order valence-electron chi connectivity index (χ0n) is 18.3. The van der Waals surface area contributed by atoms with Gasteiger partial charge in [-0.2, -0.15) is 11.8 Å². The molecule has 2 aliphatic rings. The monoisotopic (exact) mass is 546 g/mol. The number of rotatable bonds is 5. The van der Waals surface area contributed by atoms with Crippen molar-refractivity contribution in [1.29, 1.82) is 0 Å². The molecule has 2 aliphatic heterocycles. The Morgan fingerprint density at radius 2 is 1.90 bits per heavy atom. The van der Waals surface area contributed by atoms with E-state index in [1.54, 1.807) is 0 Å². The minimum atomic E-state index is -0.230. The zero-order valence-corrected chi connectivity index (χ0v) is 21.4. The number of benzene rings is 1. The van der Waals surface area contributed by atoms with Gasteiger partial charge in [-0.1, -0.05) is 44.2 Å². The summed E-state index contributed by atoms with van der Waals surface area (Å²) >= 11 is 2.05. The van der Waals surface area contributed by atoms with Crippen molar-refractivity contribution < 1.29 is 9.53 Å². The summed E-state index contributed by atoms with van der Waals surface area (Å²) in [6.07, 6.45) is 0. The minimum Gasteiger partial charge on any atom is -0.378 e. The van der Waals surface area contributed by atoms with Gasteiger partial charge in [0.05, 0.1) is 19.1 Å². The van der Waals surface area contributed by atoms with Crippen LogP contribution >= 0.6 is 35.7 Å². The first-order valence-corrected chi connectivity index (χ1v) is 11.6. The molecule has 1 aromatic carbocycles. The topological polar surface area (TPSA) is 57.2 Å².